The molecule has 0 saturated carbocycles. The number of rotatable bonds is 2. The second-order valence-electron chi connectivity index (χ2n) is 4.63. The monoisotopic (exact) mass is 231 g/mol. The van der Waals surface area contributed by atoms with Crippen molar-refractivity contribution in [2.75, 3.05) is 0 Å². The van der Waals surface area contributed by atoms with E-state index in [2.05, 4.69) is 26.0 Å². The number of benzene rings is 1. The number of fused-ring (bicyclic) bond motifs is 1. The van der Waals surface area contributed by atoms with Crippen molar-refractivity contribution in [3.05, 3.63) is 35.0 Å². The van der Waals surface area contributed by atoms with Gasteiger partial charge in [-0.1, -0.05) is 12.1 Å². The van der Waals surface area contributed by atoms with Crippen LogP contribution in [0.5, 0.6) is 0 Å². The minimum atomic E-state index is -0.787. The minimum Gasteiger partial charge on any atom is -0.481 e. The van der Waals surface area contributed by atoms with Crippen molar-refractivity contribution >= 4 is 16.9 Å². The van der Waals surface area contributed by atoms with Crippen LogP contribution in [0.3, 0.4) is 0 Å². The highest BCUT2D eigenvalue weighted by atomic mass is 16.4. The van der Waals surface area contributed by atoms with Crippen LogP contribution in [0.25, 0.3) is 10.9 Å². The van der Waals surface area contributed by atoms with Crippen molar-refractivity contribution in [1.29, 1.82) is 0 Å². The molecule has 1 N–H and O–H groups in total. The molecule has 3 heteroatoms. The molecule has 0 aliphatic heterocycles. The minimum absolute atomic E-state index is 0.480. The van der Waals surface area contributed by atoms with Crippen molar-refractivity contribution in [3.63, 3.8) is 0 Å². The summed E-state index contributed by atoms with van der Waals surface area (Å²) in [5, 5.41) is 10.2. The van der Waals surface area contributed by atoms with Gasteiger partial charge in [0.2, 0.25) is 0 Å². The lowest BCUT2D eigenvalue weighted by Gasteiger charge is -2.10. The summed E-state index contributed by atoms with van der Waals surface area (Å²) >= 11 is 0. The van der Waals surface area contributed by atoms with Gasteiger partial charge < -0.3 is 9.67 Å². The first-order valence-electron chi connectivity index (χ1n) is 5.71. The molecule has 1 aromatic carbocycles. The number of aliphatic carboxylic acids is 1. The SMILES string of the molecule is Cc1ccc2cc(C(C)C(=O)O)n(C)c2c1C. The molecule has 1 heterocycles. The lowest BCUT2D eigenvalue weighted by Crippen LogP contribution is -2.11. The van der Waals surface area contributed by atoms with Crippen molar-refractivity contribution in [1.82, 2.24) is 4.57 Å². The molecule has 0 spiro atoms. The van der Waals surface area contributed by atoms with Gasteiger partial charge in [-0.3, -0.25) is 4.79 Å². The predicted molar refractivity (Wildman–Crippen MR) is 68.4 cm³/mol. The third-order valence-corrected chi connectivity index (χ3v) is 3.57. The Labute approximate surface area is 101 Å². The Morgan fingerprint density at radius 1 is 1.35 bits per heavy atom. The van der Waals surface area contributed by atoms with Gasteiger partial charge >= 0.3 is 5.97 Å². The molecule has 90 valence electrons. The summed E-state index contributed by atoms with van der Waals surface area (Å²) in [7, 11) is 1.93. The highest BCUT2D eigenvalue weighted by molar-refractivity contribution is 5.87. The molecule has 2 rings (SSSR count). The van der Waals surface area contributed by atoms with Crippen LogP contribution in [0.2, 0.25) is 0 Å². The first-order valence-corrected chi connectivity index (χ1v) is 5.71. The predicted octanol–water partition coefficient (Wildman–Crippen LogP) is 2.98. The fourth-order valence-corrected chi connectivity index (χ4v) is 2.31. The van der Waals surface area contributed by atoms with E-state index in [0.29, 0.717) is 0 Å². The molecule has 0 fully saturated rings. The summed E-state index contributed by atoms with van der Waals surface area (Å²) in [5.41, 5.74) is 4.43. The Kier molecular flexibility index (Phi) is 2.69. The van der Waals surface area contributed by atoms with Gasteiger partial charge in [-0.15, -0.1) is 0 Å². The molecule has 17 heavy (non-hydrogen) atoms. The molecule has 1 atom stereocenters. The number of hydrogen-bond donors (Lipinski definition) is 1. The van der Waals surface area contributed by atoms with Crippen molar-refractivity contribution < 1.29 is 9.90 Å². The maximum absolute atomic E-state index is 11.1. The first-order chi connectivity index (χ1) is 7.93. The lowest BCUT2D eigenvalue weighted by molar-refractivity contribution is -0.138. The third-order valence-electron chi connectivity index (χ3n) is 3.57. The molecule has 1 aromatic heterocycles. The fraction of sp³-hybridized carbons (Fsp3) is 0.357. The molecular formula is C14H17NO2. The summed E-state index contributed by atoms with van der Waals surface area (Å²) < 4.78 is 2.00. The Balaban J connectivity index is 2.74. The maximum Gasteiger partial charge on any atom is 0.312 e. The summed E-state index contributed by atoms with van der Waals surface area (Å²) in [4.78, 5) is 11.1. The highest BCUT2D eigenvalue weighted by Crippen LogP contribution is 2.28. The van der Waals surface area contributed by atoms with E-state index in [1.54, 1.807) is 6.92 Å². The zero-order chi connectivity index (χ0) is 12.7. The Bertz CT molecular complexity index is 596. The fourth-order valence-electron chi connectivity index (χ4n) is 2.31. The average Bonchev–Trinajstić information content (AvgIpc) is 2.61. The second-order valence-corrected chi connectivity index (χ2v) is 4.63. The molecule has 0 saturated heterocycles. The Morgan fingerprint density at radius 2 is 2.00 bits per heavy atom. The van der Waals surface area contributed by atoms with E-state index in [9.17, 15) is 4.79 Å². The molecule has 0 aliphatic rings. The van der Waals surface area contributed by atoms with Crippen LogP contribution in [0.4, 0.5) is 0 Å². The van der Waals surface area contributed by atoms with Crippen LogP contribution in [-0.2, 0) is 11.8 Å². The van der Waals surface area contributed by atoms with Gasteiger partial charge in [0, 0.05) is 18.1 Å². The highest BCUT2D eigenvalue weighted by Gasteiger charge is 2.19. The summed E-state index contributed by atoms with van der Waals surface area (Å²) in [6.07, 6.45) is 0. The third kappa shape index (κ3) is 1.71. The molecular weight excluding hydrogens is 214 g/mol. The number of carboxylic acid groups (broad SMARTS) is 1. The number of hydrogen-bond acceptors (Lipinski definition) is 1. The Morgan fingerprint density at radius 3 is 2.59 bits per heavy atom. The van der Waals surface area contributed by atoms with Gasteiger partial charge in [0.15, 0.2) is 0 Å². The molecule has 2 aromatic rings. The topological polar surface area (TPSA) is 42.2 Å². The molecule has 0 amide bonds. The average molecular weight is 231 g/mol. The van der Waals surface area contributed by atoms with E-state index < -0.39 is 11.9 Å². The molecule has 1 unspecified atom stereocenters. The molecule has 0 bridgehead atoms. The summed E-state index contributed by atoms with van der Waals surface area (Å²) in [6, 6.07) is 6.10. The van der Waals surface area contributed by atoms with Crippen LogP contribution >= 0.6 is 0 Å². The maximum atomic E-state index is 11.1. The van der Waals surface area contributed by atoms with Crippen LogP contribution < -0.4 is 0 Å². The second kappa shape index (κ2) is 3.91. The van der Waals surface area contributed by atoms with E-state index in [4.69, 9.17) is 5.11 Å². The van der Waals surface area contributed by atoms with Gasteiger partial charge in [0.25, 0.3) is 0 Å². The van der Waals surface area contributed by atoms with E-state index >= 15 is 0 Å². The van der Waals surface area contributed by atoms with Crippen LogP contribution in [0.15, 0.2) is 18.2 Å². The smallest absolute Gasteiger partial charge is 0.312 e. The summed E-state index contributed by atoms with van der Waals surface area (Å²) in [5.74, 6) is -1.27. The van der Waals surface area contributed by atoms with Gasteiger partial charge in [-0.25, -0.2) is 0 Å². The number of carbonyl (C=O) groups is 1. The van der Waals surface area contributed by atoms with E-state index in [0.717, 1.165) is 16.6 Å². The van der Waals surface area contributed by atoms with Crippen LogP contribution in [0, 0.1) is 13.8 Å². The number of carboxylic acids is 1. The lowest BCUT2D eigenvalue weighted by atomic mass is 10.1. The van der Waals surface area contributed by atoms with Gasteiger partial charge in [0.05, 0.1) is 11.4 Å². The van der Waals surface area contributed by atoms with Gasteiger partial charge in [-0.2, -0.15) is 0 Å². The van der Waals surface area contributed by atoms with Gasteiger partial charge in [0.1, 0.15) is 0 Å². The first kappa shape index (κ1) is 11.7. The quantitative estimate of drug-likeness (QED) is 0.863. The van der Waals surface area contributed by atoms with E-state index in [1.807, 2.05) is 17.7 Å². The number of aryl methyl sites for hydroxylation is 3. The molecule has 0 aliphatic carbocycles. The standard InChI is InChI=1S/C14H17NO2/c1-8-5-6-11-7-12(10(3)14(16)17)15(4)13(11)9(8)2/h5-7,10H,1-4H3,(H,16,17). The summed E-state index contributed by atoms with van der Waals surface area (Å²) in [6.45, 7) is 5.87. The van der Waals surface area contributed by atoms with E-state index in [1.165, 1.54) is 11.1 Å². The normalized spacial score (nSPS) is 12.9. The largest absolute Gasteiger partial charge is 0.481 e. The number of aromatic nitrogens is 1. The molecule has 0 radical (unpaired) electrons. The zero-order valence-electron chi connectivity index (χ0n) is 10.6. The number of nitrogens with zero attached hydrogens (tertiary/aromatic N) is 1. The Hall–Kier alpha value is -1.77. The molecule has 3 nitrogen and oxygen atoms in total. The van der Waals surface area contributed by atoms with E-state index in [-0.39, 0.29) is 0 Å². The van der Waals surface area contributed by atoms with Crippen molar-refractivity contribution in [3.8, 4) is 0 Å². The van der Waals surface area contributed by atoms with Crippen LogP contribution in [-0.4, -0.2) is 15.6 Å². The van der Waals surface area contributed by atoms with Gasteiger partial charge in [-0.05, 0) is 38.0 Å². The van der Waals surface area contributed by atoms with Crippen molar-refractivity contribution in [2.24, 2.45) is 7.05 Å². The van der Waals surface area contributed by atoms with Crippen molar-refractivity contribution in [2.45, 2.75) is 26.7 Å². The van der Waals surface area contributed by atoms with Crippen LogP contribution in [0.1, 0.15) is 29.7 Å². The zero-order valence-corrected chi connectivity index (χ0v) is 10.6.